The number of anilines is 2. The Morgan fingerprint density at radius 1 is 1.04 bits per heavy atom. The van der Waals surface area contributed by atoms with Gasteiger partial charge in [0.2, 0.25) is 0 Å². The van der Waals surface area contributed by atoms with Crippen LogP contribution >= 0.6 is 11.6 Å². The Kier molecular flexibility index (Phi) is 4.28. The summed E-state index contributed by atoms with van der Waals surface area (Å²) in [5.41, 5.74) is 1.70. The van der Waals surface area contributed by atoms with Crippen LogP contribution in [0.4, 0.5) is 11.6 Å². The number of piperidine rings is 1. The van der Waals surface area contributed by atoms with Gasteiger partial charge in [-0.25, -0.2) is 15.0 Å². The third-order valence-electron chi connectivity index (χ3n) is 5.21. The molecule has 1 aliphatic carbocycles. The quantitative estimate of drug-likeness (QED) is 0.737. The monoisotopic (exact) mass is 380 g/mol. The molecule has 1 aliphatic heterocycles. The third kappa shape index (κ3) is 3.67. The van der Waals surface area contributed by atoms with Crippen molar-refractivity contribution in [3.8, 4) is 0 Å². The Balaban J connectivity index is 1.31. The fourth-order valence-electron chi connectivity index (χ4n) is 3.63. The number of fused-ring (bicyclic) bond motifs is 1. The van der Waals surface area contributed by atoms with Crippen molar-refractivity contribution in [1.82, 2.24) is 19.9 Å². The van der Waals surface area contributed by atoms with Gasteiger partial charge < -0.3 is 10.2 Å². The molecule has 27 heavy (non-hydrogen) atoms. The first kappa shape index (κ1) is 16.7. The summed E-state index contributed by atoms with van der Waals surface area (Å²) in [4.78, 5) is 20.7. The van der Waals surface area contributed by atoms with Gasteiger partial charge in [-0.3, -0.25) is 4.98 Å². The van der Waals surface area contributed by atoms with E-state index in [1.165, 1.54) is 12.8 Å². The van der Waals surface area contributed by atoms with Crippen molar-refractivity contribution >= 4 is 34.3 Å². The normalized spacial score (nSPS) is 20.0. The van der Waals surface area contributed by atoms with E-state index in [4.69, 9.17) is 21.6 Å². The minimum absolute atomic E-state index is 0.336. The van der Waals surface area contributed by atoms with Gasteiger partial charge in [0, 0.05) is 36.3 Å². The van der Waals surface area contributed by atoms with Gasteiger partial charge in [0.25, 0.3) is 0 Å². The first-order valence-corrected chi connectivity index (χ1v) is 9.89. The molecule has 1 aromatic carbocycles. The second-order valence-corrected chi connectivity index (χ2v) is 7.80. The molecule has 1 atom stereocenters. The first-order valence-electron chi connectivity index (χ1n) is 9.51. The second kappa shape index (κ2) is 6.93. The van der Waals surface area contributed by atoms with Gasteiger partial charge in [-0.2, -0.15) is 0 Å². The molecule has 6 nitrogen and oxygen atoms in total. The molecule has 3 heterocycles. The zero-order chi connectivity index (χ0) is 18.2. The summed E-state index contributed by atoms with van der Waals surface area (Å²) in [7, 11) is 0. The van der Waals surface area contributed by atoms with Crippen LogP contribution in [0.1, 0.15) is 37.4 Å². The predicted octanol–water partition coefficient (Wildman–Crippen LogP) is 4.03. The van der Waals surface area contributed by atoms with Crippen LogP contribution in [0.5, 0.6) is 0 Å². The van der Waals surface area contributed by atoms with Crippen LogP contribution in [0.3, 0.4) is 0 Å². The molecule has 1 saturated carbocycles. The second-order valence-electron chi connectivity index (χ2n) is 7.37. The Hall–Kier alpha value is -2.47. The number of nitrogens with one attached hydrogen (secondary N) is 1. The molecule has 2 aromatic heterocycles. The van der Waals surface area contributed by atoms with Gasteiger partial charge in [0.15, 0.2) is 0 Å². The maximum atomic E-state index is 6.04. The predicted molar refractivity (Wildman–Crippen MR) is 107 cm³/mol. The van der Waals surface area contributed by atoms with Crippen molar-refractivity contribution in [1.29, 1.82) is 0 Å². The highest BCUT2D eigenvalue weighted by atomic mass is 35.5. The van der Waals surface area contributed by atoms with E-state index in [9.17, 15) is 0 Å². The molecule has 2 fully saturated rings. The van der Waals surface area contributed by atoms with Gasteiger partial charge in [-0.1, -0.05) is 11.6 Å². The molecule has 2 aliphatic rings. The lowest BCUT2D eigenvalue weighted by Gasteiger charge is -2.34. The summed E-state index contributed by atoms with van der Waals surface area (Å²) in [6.07, 6.45) is 8.37. The summed E-state index contributed by atoms with van der Waals surface area (Å²) in [6, 6.07) is 7.93. The van der Waals surface area contributed by atoms with E-state index in [0.717, 1.165) is 54.4 Å². The van der Waals surface area contributed by atoms with Gasteiger partial charge >= 0.3 is 0 Å². The topological polar surface area (TPSA) is 66.8 Å². The van der Waals surface area contributed by atoms with E-state index >= 15 is 0 Å². The molecule has 7 heteroatoms. The van der Waals surface area contributed by atoms with Crippen molar-refractivity contribution < 1.29 is 0 Å². The molecule has 0 amide bonds. The van der Waals surface area contributed by atoms with Crippen LogP contribution in [0.25, 0.3) is 11.0 Å². The summed E-state index contributed by atoms with van der Waals surface area (Å²) in [5.74, 6) is 3.39. The van der Waals surface area contributed by atoms with Crippen LogP contribution in [-0.2, 0) is 0 Å². The summed E-state index contributed by atoms with van der Waals surface area (Å²) in [5, 5.41) is 4.27. The van der Waals surface area contributed by atoms with Crippen molar-refractivity contribution in [2.45, 2.75) is 37.6 Å². The summed E-state index contributed by atoms with van der Waals surface area (Å²) < 4.78 is 0. The molecule has 3 aromatic rings. The number of benzene rings is 1. The van der Waals surface area contributed by atoms with E-state index in [1.807, 2.05) is 36.7 Å². The van der Waals surface area contributed by atoms with Gasteiger partial charge in [-0.05, 0) is 49.9 Å². The standard InChI is InChI=1S/C20H21ClN6/c21-14-5-6-16-17(10-14)23-11-19(25-16)27-9-1-2-15(12-27)24-18-7-8-22-20(26-18)13-3-4-13/h5-8,10-11,13,15H,1-4,9,12H2,(H,22,24,26). The number of rotatable bonds is 4. The summed E-state index contributed by atoms with van der Waals surface area (Å²) >= 11 is 6.04. The van der Waals surface area contributed by atoms with Crippen LogP contribution in [0, 0.1) is 0 Å². The van der Waals surface area contributed by atoms with Crippen LogP contribution in [-0.4, -0.2) is 39.1 Å². The van der Waals surface area contributed by atoms with E-state index in [2.05, 4.69) is 20.2 Å². The number of halogens is 1. The smallest absolute Gasteiger partial charge is 0.147 e. The molecule has 1 saturated heterocycles. The molecule has 0 spiro atoms. The van der Waals surface area contributed by atoms with Crippen molar-refractivity contribution in [2.75, 3.05) is 23.3 Å². The highest BCUT2D eigenvalue weighted by Gasteiger charge is 2.27. The Labute approximate surface area is 163 Å². The maximum Gasteiger partial charge on any atom is 0.147 e. The fraction of sp³-hybridized carbons (Fsp3) is 0.400. The summed E-state index contributed by atoms with van der Waals surface area (Å²) in [6.45, 7) is 1.87. The Bertz CT molecular complexity index is 974. The lowest BCUT2D eigenvalue weighted by Crippen LogP contribution is -2.42. The lowest BCUT2D eigenvalue weighted by atomic mass is 10.1. The first-order chi connectivity index (χ1) is 13.2. The zero-order valence-corrected chi connectivity index (χ0v) is 15.7. The molecular formula is C20H21ClN6. The fourth-order valence-corrected chi connectivity index (χ4v) is 3.80. The number of nitrogens with zero attached hydrogens (tertiary/aromatic N) is 5. The maximum absolute atomic E-state index is 6.04. The molecule has 5 rings (SSSR count). The molecular weight excluding hydrogens is 360 g/mol. The number of aromatic nitrogens is 4. The van der Waals surface area contributed by atoms with Crippen molar-refractivity contribution in [2.24, 2.45) is 0 Å². The highest BCUT2D eigenvalue weighted by Crippen LogP contribution is 2.38. The molecule has 138 valence electrons. The minimum Gasteiger partial charge on any atom is -0.365 e. The average molecular weight is 381 g/mol. The van der Waals surface area contributed by atoms with Crippen LogP contribution in [0.15, 0.2) is 36.7 Å². The van der Waals surface area contributed by atoms with Crippen LogP contribution < -0.4 is 10.2 Å². The number of hydrogen-bond acceptors (Lipinski definition) is 6. The van der Waals surface area contributed by atoms with Gasteiger partial charge in [0.1, 0.15) is 17.5 Å². The molecule has 0 bridgehead atoms. The van der Waals surface area contributed by atoms with Gasteiger partial charge in [-0.15, -0.1) is 0 Å². The van der Waals surface area contributed by atoms with Crippen LogP contribution in [0.2, 0.25) is 5.02 Å². The number of hydrogen-bond donors (Lipinski definition) is 1. The molecule has 1 unspecified atom stereocenters. The van der Waals surface area contributed by atoms with E-state index in [-0.39, 0.29) is 0 Å². The SMILES string of the molecule is Clc1ccc2nc(N3CCCC(Nc4ccnc(C5CC5)n4)C3)cnc2c1. The molecule has 1 N–H and O–H groups in total. The van der Waals surface area contributed by atoms with Gasteiger partial charge in [0.05, 0.1) is 17.2 Å². The Morgan fingerprint density at radius 3 is 2.85 bits per heavy atom. The zero-order valence-electron chi connectivity index (χ0n) is 15.0. The lowest BCUT2D eigenvalue weighted by molar-refractivity contribution is 0.525. The van der Waals surface area contributed by atoms with E-state index in [0.29, 0.717) is 17.0 Å². The molecule has 0 radical (unpaired) electrons. The van der Waals surface area contributed by atoms with E-state index < -0.39 is 0 Å². The van der Waals surface area contributed by atoms with Crippen molar-refractivity contribution in [3.05, 3.63) is 47.5 Å². The minimum atomic E-state index is 0.336. The third-order valence-corrected chi connectivity index (χ3v) is 5.44. The highest BCUT2D eigenvalue weighted by molar-refractivity contribution is 6.31. The average Bonchev–Trinajstić information content (AvgIpc) is 3.53. The largest absolute Gasteiger partial charge is 0.365 e. The Morgan fingerprint density at radius 2 is 1.96 bits per heavy atom. The van der Waals surface area contributed by atoms with Crippen molar-refractivity contribution in [3.63, 3.8) is 0 Å². The van der Waals surface area contributed by atoms with E-state index in [1.54, 1.807) is 0 Å².